The fourth-order valence-electron chi connectivity index (χ4n) is 1.73. The molecule has 4 nitrogen and oxygen atoms in total. The predicted molar refractivity (Wildman–Crippen MR) is 73.5 cm³/mol. The van der Waals surface area contributed by atoms with E-state index in [1.807, 2.05) is 0 Å². The summed E-state index contributed by atoms with van der Waals surface area (Å²) in [6, 6.07) is 0.507. The summed E-state index contributed by atoms with van der Waals surface area (Å²) in [5.41, 5.74) is 6.70. The Bertz CT molecular complexity index is 340. The standard InChI is InChI=1S/C12H23N3OS/c1-5-6-9(2)15(3)12-14-10(8-16-4)11(7-13)17-12/h9H,5-8,13H2,1-4H3. The van der Waals surface area contributed by atoms with Gasteiger partial charge in [-0.1, -0.05) is 13.3 Å². The first-order valence-electron chi connectivity index (χ1n) is 6.04. The van der Waals surface area contributed by atoms with Crippen LogP contribution in [0.4, 0.5) is 5.13 Å². The lowest BCUT2D eigenvalue weighted by molar-refractivity contribution is 0.181. The SMILES string of the molecule is CCCC(C)N(C)c1nc(COC)c(CN)s1. The van der Waals surface area contributed by atoms with Crippen molar-refractivity contribution in [3.8, 4) is 0 Å². The summed E-state index contributed by atoms with van der Waals surface area (Å²) in [5.74, 6) is 0. The monoisotopic (exact) mass is 257 g/mol. The summed E-state index contributed by atoms with van der Waals surface area (Å²) in [6.45, 7) is 5.50. The minimum Gasteiger partial charge on any atom is -0.378 e. The summed E-state index contributed by atoms with van der Waals surface area (Å²) in [6.07, 6.45) is 2.36. The normalized spacial score (nSPS) is 12.8. The molecular weight excluding hydrogens is 234 g/mol. The highest BCUT2D eigenvalue weighted by Gasteiger charge is 2.16. The molecule has 1 rings (SSSR count). The highest BCUT2D eigenvalue weighted by Crippen LogP contribution is 2.27. The van der Waals surface area contributed by atoms with Crippen LogP contribution >= 0.6 is 11.3 Å². The summed E-state index contributed by atoms with van der Waals surface area (Å²) in [4.78, 5) is 7.96. The van der Waals surface area contributed by atoms with Crippen LogP contribution in [0, 0.1) is 0 Å². The molecule has 0 aliphatic carbocycles. The minimum absolute atomic E-state index is 0.507. The van der Waals surface area contributed by atoms with Gasteiger partial charge in [-0.05, 0) is 13.3 Å². The van der Waals surface area contributed by atoms with Crippen molar-refractivity contribution in [2.75, 3.05) is 19.1 Å². The van der Waals surface area contributed by atoms with E-state index in [0.717, 1.165) is 15.7 Å². The van der Waals surface area contributed by atoms with Crippen molar-refractivity contribution >= 4 is 16.5 Å². The Balaban J connectivity index is 2.83. The molecule has 2 N–H and O–H groups in total. The van der Waals surface area contributed by atoms with Crippen LogP contribution in [0.3, 0.4) is 0 Å². The van der Waals surface area contributed by atoms with E-state index in [9.17, 15) is 0 Å². The minimum atomic E-state index is 0.507. The van der Waals surface area contributed by atoms with Gasteiger partial charge in [0, 0.05) is 31.6 Å². The van der Waals surface area contributed by atoms with Crippen molar-refractivity contribution in [3.05, 3.63) is 10.6 Å². The molecule has 0 radical (unpaired) electrons. The van der Waals surface area contributed by atoms with E-state index in [2.05, 4.69) is 30.8 Å². The van der Waals surface area contributed by atoms with Gasteiger partial charge in [-0.2, -0.15) is 0 Å². The number of hydrogen-bond donors (Lipinski definition) is 1. The number of anilines is 1. The Hall–Kier alpha value is -0.650. The number of aromatic nitrogens is 1. The van der Waals surface area contributed by atoms with Gasteiger partial charge in [0.2, 0.25) is 0 Å². The molecule has 0 saturated carbocycles. The summed E-state index contributed by atoms with van der Waals surface area (Å²) >= 11 is 1.67. The van der Waals surface area contributed by atoms with Crippen LogP contribution in [0.5, 0.6) is 0 Å². The fourth-order valence-corrected chi connectivity index (χ4v) is 2.74. The van der Waals surface area contributed by atoms with E-state index >= 15 is 0 Å². The van der Waals surface area contributed by atoms with Crippen LogP contribution in [0.25, 0.3) is 0 Å². The molecule has 0 aliphatic heterocycles. The smallest absolute Gasteiger partial charge is 0.185 e. The number of rotatable bonds is 7. The third-order valence-corrected chi connectivity index (χ3v) is 4.11. The van der Waals surface area contributed by atoms with Gasteiger partial charge >= 0.3 is 0 Å². The van der Waals surface area contributed by atoms with Crippen LogP contribution in [0.1, 0.15) is 37.3 Å². The van der Waals surface area contributed by atoms with Crippen molar-refractivity contribution in [3.63, 3.8) is 0 Å². The summed E-state index contributed by atoms with van der Waals surface area (Å²) < 4.78 is 5.14. The highest BCUT2D eigenvalue weighted by atomic mass is 32.1. The van der Waals surface area contributed by atoms with E-state index in [0.29, 0.717) is 19.2 Å². The maximum absolute atomic E-state index is 5.73. The van der Waals surface area contributed by atoms with Gasteiger partial charge < -0.3 is 15.4 Å². The lowest BCUT2D eigenvalue weighted by Crippen LogP contribution is -2.28. The first-order valence-corrected chi connectivity index (χ1v) is 6.86. The Morgan fingerprint density at radius 1 is 1.53 bits per heavy atom. The zero-order valence-corrected chi connectivity index (χ0v) is 12.0. The summed E-state index contributed by atoms with van der Waals surface area (Å²) in [5, 5.41) is 1.04. The molecule has 1 aromatic rings. The number of nitrogens with zero attached hydrogens (tertiary/aromatic N) is 2. The highest BCUT2D eigenvalue weighted by molar-refractivity contribution is 7.15. The average molecular weight is 257 g/mol. The third-order valence-electron chi connectivity index (χ3n) is 2.90. The molecule has 0 bridgehead atoms. The second-order valence-corrected chi connectivity index (χ2v) is 5.31. The number of hydrogen-bond acceptors (Lipinski definition) is 5. The van der Waals surface area contributed by atoms with Crippen LogP contribution < -0.4 is 10.6 Å². The van der Waals surface area contributed by atoms with Crippen molar-refractivity contribution in [2.45, 2.75) is 45.9 Å². The van der Waals surface area contributed by atoms with E-state index in [1.54, 1.807) is 18.4 Å². The third kappa shape index (κ3) is 3.66. The molecule has 0 amide bonds. The zero-order valence-electron chi connectivity index (χ0n) is 11.2. The van der Waals surface area contributed by atoms with Crippen molar-refractivity contribution < 1.29 is 4.74 Å². The van der Waals surface area contributed by atoms with Crippen LogP contribution in [0.2, 0.25) is 0 Å². The summed E-state index contributed by atoms with van der Waals surface area (Å²) in [7, 11) is 3.78. The lowest BCUT2D eigenvalue weighted by Gasteiger charge is -2.23. The van der Waals surface area contributed by atoms with Crippen LogP contribution in [-0.4, -0.2) is 25.2 Å². The van der Waals surface area contributed by atoms with Gasteiger partial charge in [0.1, 0.15) is 0 Å². The molecule has 0 spiro atoms. The van der Waals surface area contributed by atoms with Gasteiger partial charge in [-0.15, -0.1) is 11.3 Å². The van der Waals surface area contributed by atoms with E-state index < -0.39 is 0 Å². The first kappa shape index (κ1) is 14.4. The maximum atomic E-state index is 5.73. The van der Waals surface area contributed by atoms with Gasteiger partial charge in [0.25, 0.3) is 0 Å². The quantitative estimate of drug-likeness (QED) is 0.815. The van der Waals surface area contributed by atoms with Crippen molar-refractivity contribution in [1.29, 1.82) is 0 Å². The second-order valence-electron chi connectivity index (χ2n) is 4.25. The van der Waals surface area contributed by atoms with Crippen molar-refractivity contribution in [1.82, 2.24) is 4.98 Å². The molecule has 17 heavy (non-hydrogen) atoms. The molecule has 1 atom stereocenters. The molecule has 0 saturated heterocycles. The molecule has 1 aromatic heterocycles. The Labute approximate surface area is 108 Å². The van der Waals surface area contributed by atoms with Gasteiger partial charge in [-0.3, -0.25) is 0 Å². The number of methoxy groups -OCH3 is 1. The molecule has 1 heterocycles. The predicted octanol–water partition coefficient (Wildman–Crippen LogP) is 2.37. The van der Waals surface area contributed by atoms with Gasteiger partial charge in [0.15, 0.2) is 5.13 Å². The molecule has 1 unspecified atom stereocenters. The fraction of sp³-hybridized carbons (Fsp3) is 0.750. The van der Waals surface area contributed by atoms with E-state index in [-0.39, 0.29) is 0 Å². The molecule has 98 valence electrons. The molecule has 0 fully saturated rings. The molecular formula is C12H23N3OS. The van der Waals surface area contributed by atoms with E-state index in [1.165, 1.54) is 12.8 Å². The second kappa shape index (κ2) is 6.93. The van der Waals surface area contributed by atoms with Gasteiger partial charge in [0.05, 0.1) is 12.3 Å². The number of ether oxygens (including phenoxy) is 1. The molecule has 0 aliphatic rings. The maximum Gasteiger partial charge on any atom is 0.185 e. The molecule has 0 aromatic carbocycles. The Kier molecular flexibility index (Phi) is 5.88. The Morgan fingerprint density at radius 3 is 2.76 bits per heavy atom. The van der Waals surface area contributed by atoms with Crippen LogP contribution in [0.15, 0.2) is 0 Å². The molecule has 5 heteroatoms. The first-order chi connectivity index (χ1) is 8.13. The number of nitrogens with two attached hydrogens (primary N) is 1. The zero-order chi connectivity index (χ0) is 12.8. The van der Waals surface area contributed by atoms with Crippen LogP contribution in [-0.2, 0) is 17.9 Å². The lowest BCUT2D eigenvalue weighted by atomic mass is 10.2. The largest absolute Gasteiger partial charge is 0.378 e. The van der Waals surface area contributed by atoms with E-state index in [4.69, 9.17) is 10.5 Å². The van der Waals surface area contributed by atoms with Crippen molar-refractivity contribution in [2.24, 2.45) is 5.73 Å². The Morgan fingerprint density at radius 2 is 2.24 bits per heavy atom. The topological polar surface area (TPSA) is 51.4 Å². The van der Waals surface area contributed by atoms with Gasteiger partial charge in [-0.25, -0.2) is 4.98 Å². The average Bonchev–Trinajstić information content (AvgIpc) is 2.72. The number of thiazole rings is 1.